The average molecular weight is 309 g/mol. The molecule has 0 atom stereocenters. The van der Waals surface area contributed by atoms with E-state index in [1.54, 1.807) is 4.52 Å². The molecule has 0 aliphatic carbocycles. The van der Waals surface area contributed by atoms with Crippen molar-refractivity contribution in [1.82, 2.24) is 19.9 Å². The van der Waals surface area contributed by atoms with Gasteiger partial charge in [0.1, 0.15) is 6.61 Å². The van der Waals surface area contributed by atoms with Crippen molar-refractivity contribution < 1.29 is 4.74 Å². The third-order valence-corrected chi connectivity index (χ3v) is 3.91. The smallest absolute Gasteiger partial charge is 0.216 e. The Balaban J connectivity index is 1.78. The molecule has 0 radical (unpaired) electrons. The van der Waals surface area contributed by atoms with E-state index in [0.717, 1.165) is 48.5 Å². The highest BCUT2D eigenvalue weighted by atomic mass is 16.5. The fourth-order valence-corrected chi connectivity index (χ4v) is 2.73. The minimum atomic E-state index is 0.605. The van der Waals surface area contributed by atoms with E-state index < -0.39 is 0 Å². The van der Waals surface area contributed by atoms with Crippen LogP contribution in [0.15, 0.2) is 42.7 Å². The second kappa shape index (κ2) is 6.26. The topological polar surface area (TPSA) is 63.5 Å². The Morgan fingerprint density at radius 2 is 2.13 bits per heavy atom. The summed E-state index contributed by atoms with van der Waals surface area (Å²) in [6.45, 7) is 3.32. The molecule has 1 aromatic carbocycles. The average Bonchev–Trinajstić information content (AvgIpc) is 3.00. The fraction of sp³-hybridized carbons (Fsp3) is 0.294. The lowest BCUT2D eigenvalue weighted by atomic mass is 10.1. The molecule has 1 aliphatic rings. The molecule has 2 aromatic heterocycles. The molecule has 0 unspecified atom stereocenters. The minimum absolute atomic E-state index is 0.605. The first-order chi connectivity index (χ1) is 11.4. The van der Waals surface area contributed by atoms with Gasteiger partial charge >= 0.3 is 0 Å². The number of anilines is 1. The van der Waals surface area contributed by atoms with E-state index in [0.29, 0.717) is 12.5 Å². The van der Waals surface area contributed by atoms with Crippen LogP contribution >= 0.6 is 0 Å². The van der Waals surface area contributed by atoms with Crippen molar-refractivity contribution in [1.29, 1.82) is 0 Å². The van der Waals surface area contributed by atoms with Gasteiger partial charge in [0.25, 0.3) is 0 Å². The van der Waals surface area contributed by atoms with Crippen LogP contribution in [0.2, 0.25) is 0 Å². The van der Waals surface area contributed by atoms with Gasteiger partial charge in [-0.3, -0.25) is 0 Å². The minimum Gasteiger partial charge on any atom is -0.476 e. The first kappa shape index (κ1) is 14.0. The number of nitrogens with one attached hydrogen (secondary N) is 2. The highest BCUT2D eigenvalue weighted by molar-refractivity contribution is 5.79. The van der Waals surface area contributed by atoms with Crippen LogP contribution in [0.5, 0.6) is 5.88 Å². The molecule has 0 amide bonds. The van der Waals surface area contributed by atoms with Crippen molar-refractivity contribution >= 4 is 11.3 Å². The molecule has 0 saturated carbocycles. The van der Waals surface area contributed by atoms with E-state index >= 15 is 0 Å². The van der Waals surface area contributed by atoms with Crippen molar-refractivity contribution in [3.8, 4) is 17.0 Å². The lowest BCUT2D eigenvalue weighted by Gasteiger charge is -2.08. The van der Waals surface area contributed by atoms with Gasteiger partial charge in [0.05, 0.1) is 6.20 Å². The monoisotopic (exact) mass is 309 g/mol. The van der Waals surface area contributed by atoms with Crippen molar-refractivity contribution in [2.45, 2.75) is 6.42 Å². The molecule has 3 heterocycles. The van der Waals surface area contributed by atoms with Crippen molar-refractivity contribution in [2.75, 3.05) is 31.6 Å². The van der Waals surface area contributed by atoms with Crippen LogP contribution in [-0.4, -0.2) is 40.8 Å². The Kier molecular flexibility index (Phi) is 3.81. The van der Waals surface area contributed by atoms with Crippen molar-refractivity contribution in [3.63, 3.8) is 0 Å². The zero-order valence-electron chi connectivity index (χ0n) is 12.8. The molecule has 0 saturated heterocycles. The highest BCUT2D eigenvalue weighted by Crippen LogP contribution is 2.26. The zero-order chi connectivity index (χ0) is 15.5. The molecule has 4 rings (SSSR count). The molecule has 23 heavy (non-hydrogen) atoms. The number of hydrogen-bond acceptors (Lipinski definition) is 5. The number of benzene rings is 1. The highest BCUT2D eigenvalue weighted by Gasteiger charge is 2.10. The Morgan fingerprint density at radius 1 is 1.13 bits per heavy atom. The van der Waals surface area contributed by atoms with Crippen molar-refractivity contribution in [2.24, 2.45) is 0 Å². The predicted octanol–water partition coefficient (Wildman–Crippen LogP) is 2.18. The second-order valence-corrected chi connectivity index (χ2v) is 5.55. The third-order valence-electron chi connectivity index (χ3n) is 3.91. The maximum Gasteiger partial charge on any atom is 0.216 e. The lowest BCUT2D eigenvalue weighted by molar-refractivity contribution is 0.303. The predicted molar refractivity (Wildman–Crippen MR) is 89.9 cm³/mol. The van der Waals surface area contributed by atoms with E-state index in [2.05, 4.69) is 45.0 Å². The van der Waals surface area contributed by atoms with Gasteiger partial charge in [-0.2, -0.15) is 10.1 Å². The van der Waals surface area contributed by atoms with E-state index in [4.69, 9.17) is 4.74 Å². The quantitative estimate of drug-likeness (QED) is 0.666. The fourth-order valence-electron chi connectivity index (χ4n) is 2.73. The summed E-state index contributed by atoms with van der Waals surface area (Å²) in [5.41, 5.74) is 4.03. The number of nitrogens with zero attached hydrogens (tertiary/aromatic N) is 3. The van der Waals surface area contributed by atoms with E-state index in [9.17, 15) is 0 Å². The van der Waals surface area contributed by atoms with E-state index in [1.807, 2.05) is 18.5 Å². The number of rotatable bonds is 0. The van der Waals surface area contributed by atoms with Crippen LogP contribution in [0.25, 0.3) is 16.8 Å². The molecule has 0 spiro atoms. The summed E-state index contributed by atoms with van der Waals surface area (Å²) in [7, 11) is 0. The van der Waals surface area contributed by atoms with Crippen LogP contribution in [0.3, 0.4) is 0 Å². The van der Waals surface area contributed by atoms with Gasteiger partial charge in [0, 0.05) is 36.6 Å². The van der Waals surface area contributed by atoms with Crippen LogP contribution in [0.1, 0.15) is 6.42 Å². The first-order valence-corrected chi connectivity index (χ1v) is 7.92. The van der Waals surface area contributed by atoms with E-state index in [-0.39, 0.29) is 0 Å². The van der Waals surface area contributed by atoms with Crippen molar-refractivity contribution in [3.05, 3.63) is 42.7 Å². The summed E-state index contributed by atoms with van der Waals surface area (Å²) in [4.78, 5) is 4.61. The van der Waals surface area contributed by atoms with Gasteiger partial charge in [-0.05, 0) is 30.7 Å². The standard InChI is InChI=1S/C17H19N5O/c1-3-13-11-14(4-1)19-7-2-6-18-8-10-23-16-5-9-22-17(21-16)15(13)12-20-22/h1,3-5,9,11-12,18-19H,2,6-8,10H2. The lowest BCUT2D eigenvalue weighted by Crippen LogP contribution is -2.23. The SMILES string of the molecule is c1cc2cc(c1)-c1cnn3ccc(nc13)OCCNCCCN2. The van der Waals surface area contributed by atoms with Gasteiger partial charge < -0.3 is 15.4 Å². The summed E-state index contributed by atoms with van der Waals surface area (Å²) < 4.78 is 7.51. The van der Waals surface area contributed by atoms with Crippen LogP contribution < -0.4 is 15.4 Å². The molecule has 6 nitrogen and oxygen atoms in total. The number of aromatic nitrogens is 3. The maximum atomic E-state index is 5.74. The maximum absolute atomic E-state index is 5.74. The van der Waals surface area contributed by atoms with Crippen LogP contribution in [0.4, 0.5) is 5.69 Å². The third kappa shape index (κ3) is 2.98. The van der Waals surface area contributed by atoms with E-state index in [1.165, 1.54) is 0 Å². The Bertz CT molecular complexity index is 814. The molecule has 2 N–H and O–H groups in total. The molecule has 0 fully saturated rings. The van der Waals surface area contributed by atoms with Gasteiger partial charge in [-0.1, -0.05) is 12.1 Å². The summed E-state index contributed by atoms with van der Waals surface area (Å²) in [6, 6.07) is 10.2. The number of fused-ring (bicyclic) bond motifs is 4. The molecule has 6 heteroatoms. The van der Waals surface area contributed by atoms with Crippen LogP contribution in [-0.2, 0) is 0 Å². The Hall–Kier alpha value is -2.60. The largest absolute Gasteiger partial charge is 0.476 e. The zero-order valence-corrected chi connectivity index (χ0v) is 12.8. The summed E-state index contributed by atoms with van der Waals surface area (Å²) in [5.74, 6) is 0.630. The molecule has 3 aromatic rings. The molecule has 1 aliphatic heterocycles. The summed E-state index contributed by atoms with van der Waals surface area (Å²) >= 11 is 0. The van der Waals surface area contributed by atoms with Gasteiger partial charge in [0.2, 0.25) is 5.88 Å². The normalized spacial score (nSPS) is 15.5. The Morgan fingerprint density at radius 3 is 3.13 bits per heavy atom. The van der Waals surface area contributed by atoms with Gasteiger partial charge in [-0.15, -0.1) is 0 Å². The number of hydrogen-bond donors (Lipinski definition) is 2. The second-order valence-electron chi connectivity index (χ2n) is 5.55. The molecule has 4 bridgehead atoms. The molecular formula is C17H19N5O. The number of ether oxygens (including phenoxy) is 1. The molecular weight excluding hydrogens is 290 g/mol. The first-order valence-electron chi connectivity index (χ1n) is 7.92. The van der Waals surface area contributed by atoms with Gasteiger partial charge in [-0.25, -0.2) is 4.52 Å². The Labute approximate surface area is 134 Å². The molecule has 118 valence electrons. The summed E-state index contributed by atoms with van der Waals surface area (Å²) in [5, 5.41) is 11.2. The summed E-state index contributed by atoms with van der Waals surface area (Å²) in [6.07, 6.45) is 4.80. The van der Waals surface area contributed by atoms with Crippen LogP contribution in [0, 0.1) is 0 Å². The van der Waals surface area contributed by atoms with Gasteiger partial charge in [0.15, 0.2) is 5.65 Å².